The van der Waals surface area contributed by atoms with Crippen molar-refractivity contribution in [2.45, 2.75) is 26.8 Å². The molecule has 1 aromatic carbocycles. The molecule has 0 spiro atoms. The van der Waals surface area contributed by atoms with Crippen molar-refractivity contribution in [1.82, 2.24) is 5.10 Å². The zero-order valence-electron chi connectivity index (χ0n) is 11.1. The van der Waals surface area contributed by atoms with Crippen LogP contribution in [0.1, 0.15) is 16.7 Å². The Morgan fingerprint density at radius 2 is 1.84 bits per heavy atom. The van der Waals surface area contributed by atoms with Crippen molar-refractivity contribution >= 4 is 5.78 Å². The first-order valence-electron chi connectivity index (χ1n) is 6.04. The number of rotatable bonds is 4. The van der Waals surface area contributed by atoms with Gasteiger partial charge in [0.2, 0.25) is 12.3 Å². The summed E-state index contributed by atoms with van der Waals surface area (Å²) in [6.45, 7) is 4.42. The highest BCUT2D eigenvalue weighted by molar-refractivity contribution is 5.80. The second kappa shape index (κ2) is 7.14. The third-order valence-corrected chi connectivity index (χ3v) is 3.03. The quantitative estimate of drug-likeness (QED) is 0.663. The van der Waals surface area contributed by atoms with Crippen molar-refractivity contribution in [3.05, 3.63) is 59.4 Å². The standard InChI is InChI=1S/C15H17N2O.BrH/c1-12-6-5-7-13(2)15(12)10-14(18)11-17-9-4-3-8-16-17;/h3-9H,10-11H2,1-2H3;1H/q+1;/p-1. The Hall–Kier alpha value is -1.55. The van der Waals surface area contributed by atoms with E-state index in [-0.39, 0.29) is 22.8 Å². The van der Waals surface area contributed by atoms with Gasteiger partial charge in [-0.1, -0.05) is 22.9 Å². The number of carbonyl (C=O) groups excluding carboxylic acids is 1. The van der Waals surface area contributed by atoms with Crippen LogP contribution in [-0.4, -0.2) is 10.9 Å². The van der Waals surface area contributed by atoms with Gasteiger partial charge in [-0.3, -0.25) is 4.79 Å². The number of Topliss-reactive ketones (excluding diaryl/α,β-unsaturated/α-hetero) is 1. The van der Waals surface area contributed by atoms with Gasteiger partial charge in [0.15, 0.2) is 6.20 Å². The van der Waals surface area contributed by atoms with Crippen LogP contribution in [0.25, 0.3) is 0 Å². The predicted molar refractivity (Wildman–Crippen MR) is 69.1 cm³/mol. The van der Waals surface area contributed by atoms with Crippen LogP contribution in [0.4, 0.5) is 0 Å². The molecule has 2 aromatic rings. The normalized spacial score (nSPS) is 9.79. The predicted octanol–water partition coefficient (Wildman–Crippen LogP) is -1.20. The minimum absolute atomic E-state index is 0. The molecule has 0 unspecified atom stereocenters. The summed E-state index contributed by atoms with van der Waals surface area (Å²) in [5, 5.41) is 4.10. The third-order valence-electron chi connectivity index (χ3n) is 3.03. The second-order valence-corrected chi connectivity index (χ2v) is 4.48. The van der Waals surface area contributed by atoms with Crippen molar-refractivity contribution in [3.8, 4) is 0 Å². The molecule has 0 aliphatic heterocycles. The molecule has 4 heteroatoms. The van der Waals surface area contributed by atoms with E-state index in [0.717, 1.165) is 5.56 Å². The van der Waals surface area contributed by atoms with Crippen molar-refractivity contribution < 1.29 is 26.5 Å². The fraction of sp³-hybridized carbons (Fsp3) is 0.267. The largest absolute Gasteiger partial charge is 1.00 e. The van der Waals surface area contributed by atoms with Crippen LogP contribution >= 0.6 is 0 Å². The molecule has 0 aliphatic carbocycles. The minimum Gasteiger partial charge on any atom is -1.00 e. The van der Waals surface area contributed by atoms with Crippen LogP contribution in [0, 0.1) is 13.8 Å². The maximum Gasteiger partial charge on any atom is 0.232 e. The zero-order valence-corrected chi connectivity index (χ0v) is 12.7. The lowest BCUT2D eigenvalue weighted by Gasteiger charge is -2.07. The first kappa shape index (κ1) is 15.5. The molecule has 0 aliphatic rings. The lowest BCUT2D eigenvalue weighted by Crippen LogP contribution is -3.00. The molecule has 0 fully saturated rings. The summed E-state index contributed by atoms with van der Waals surface area (Å²) < 4.78 is 1.66. The highest BCUT2D eigenvalue weighted by atomic mass is 79.9. The van der Waals surface area contributed by atoms with Gasteiger partial charge >= 0.3 is 0 Å². The van der Waals surface area contributed by atoms with Gasteiger partial charge in [-0.15, -0.1) is 0 Å². The van der Waals surface area contributed by atoms with Crippen LogP contribution in [0.15, 0.2) is 42.7 Å². The van der Waals surface area contributed by atoms with Crippen LogP contribution < -0.4 is 21.7 Å². The van der Waals surface area contributed by atoms with E-state index >= 15 is 0 Å². The molecular formula is C15H17BrN2O. The SMILES string of the molecule is Cc1cccc(C)c1CC(=O)C[n+]1ccccn1.[Br-]. The molecule has 19 heavy (non-hydrogen) atoms. The summed E-state index contributed by atoms with van der Waals surface area (Å²) in [6, 6.07) is 9.82. The lowest BCUT2D eigenvalue weighted by atomic mass is 9.98. The van der Waals surface area contributed by atoms with Crippen LogP contribution in [-0.2, 0) is 17.8 Å². The monoisotopic (exact) mass is 320 g/mol. The maximum atomic E-state index is 12.0. The van der Waals surface area contributed by atoms with Gasteiger partial charge < -0.3 is 17.0 Å². The van der Waals surface area contributed by atoms with Crippen molar-refractivity contribution in [2.24, 2.45) is 0 Å². The Kier molecular flexibility index (Phi) is 5.83. The molecule has 0 saturated heterocycles. The van der Waals surface area contributed by atoms with E-state index < -0.39 is 0 Å². The maximum absolute atomic E-state index is 12.0. The lowest BCUT2D eigenvalue weighted by molar-refractivity contribution is -0.742. The van der Waals surface area contributed by atoms with Gasteiger partial charge in [0.05, 0.1) is 6.20 Å². The van der Waals surface area contributed by atoms with Crippen LogP contribution in [0.2, 0.25) is 0 Å². The van der Waals surface area contributed by atoms with Crippen molar-refractivity contribution in [2.75, 3.05) is 0 Å². The van der Waals surface area contributed by atoms with Crippen LogP contribution in [0.3, 0.4) is 0 Å². The number of hydrogen-bond donors (Lipinski definition) is 0. The van der Waals surface area contributed by atoms with E-state index in [9.17, 15) is 4.79 Å². The number of aromatic nitrogens is 2. The number of nitrogens with zero attached hydrogens (tertiary/aromatic N) is 2. The molecule has 0 saturated carbocycles. The van der Waals surface area contributed by atoms with E-state index in [4.69, 9.17) is 0 Å². The molecule has 1 heterocycles. The van der Waals surface area contributed by atoms with Gasteiger partial charge in [0.1, 0.15) is 0 Å². The van der Waals surface area contributed by atoms with E-state index in [1.54, 1.807) is 10.9 Å². The number of hydrogen-bond acceptors (Lipinski definition) is 2. The topological polar surface area (TPSA) is 33.8 Å². The average molecular weight is 321 g/mol. The zero-order chi connectivity index (χ0) is 13.0. The summed E-state index contributed by atoms with van der Waals surface area (Å²) in [5.74, 6) is 0.177. The second-order valence-electron chi connectivity index (χ2n) is 4.48. The van der Waals surface area contributed by atoms with Crippen molar-refractivity contribution in [1.29, 1.82) is 0 Å². The Morgan fingerprint density at radius 3 is 2.42 bits per heavy atom. The van der Waals surface area contributed by atoms with Crippen LogP contribution in [0.5, 0.6) is 0 Å². The first-order chi connectivity index (χ1) is 8.66. The number of halogens is 1. The first-order valence-corrected chi connectivity index (χ1v) is 6.04. The highest BCUT2D eigenvalue weighted by Crippen LogP contribution is 2.14. The Morgan fingerprint density at radius 1 is 1.16 bits per heavy atom. The van der Waals surface area contributed by atoms with E-state index in [0.29, 0.717) is 13.0 Å². The number of ketones is 1. The highest BCUT2D eigenvalue weighted by Gasteiger charge is 2.13. The van der Waals surface area contributed by atoms with E-state index in [1.165, 1.54) is 11.1 Å². The van der Waals surface area contributed by atoms with E-state index in [1.807, 2.05) is 50.4 Å². The Labute approximate surface area is 124 Å². The number of carbonyl (C=O) groups is 1. The summed E-state index contributed by atoms with van der Waals surface area (Å²) in [4.78, 5) is 12.0. The average Bonchev–Trinajstić information content (AvgIpc) is 2.35. The molecule has 0 N–H and O–H groups in total. The molecule has 0 bridgehead atoms. The molecule has 1 aromatic heterocycles. The van der Waals surface area contributed by atoms with Gasteiger partial charge in [0, 0.05) is 12.5 Å². The van der Waals surface area contributed by atoms with Gasteiger partial charge in [-0.25, -0.2) is 0 Å². The van der Waals surface area contributed by atoms with Gasteiger partial charge in [0.25, 0.3) is 0 Å². The summed E-state index contributed by atoms with van der Waals surface area (Å²) >= 11 is 0. The van der Waals surface area contributed by atoms with Gasteiger partial charge in [-0.05, 0) is 41.7 Å². The van der Waals surface area contributed by atoms with Crippen molar-refractivity contribution in [3.63, 3.8) is 0 Å². The number of benzene rings is 1. The fourth-order valence-corrected chi connectivity index (χ4v) is 2.02. The molecule has 0 atom stereocenters. The summed E-state index contributed by atoms with van der Waals surface area (Å²) in [7, 11) is 0. The smallest absolute Gasteiger partial charge is 0.232 e. The molecule has 0 radical (unpaired) electrons. The molecule has 3 nitrogen and oxygen atoms in total. The summed E-state index contributed by atoms with van der Waals surface area (Å²) in [5.41, 5.74) is 3.49. The molecular weight excluding hydrogens is 304 g/mol. The fourth-order valence-electron chi connectivity index (χ4n) is 2.02. The summed E-state index contributed by atoms with van der Waals surface area (Å²) in [6.07, 6.45) is 3.97. The molecule has 0 amide bonds. The molecule has 2 rings (SSSR count). The van der Waals surface area contributed by atoms with E-state index in [2.05, 4.69) is 5.10 Å². The Bertz CT molecular complexity index is 535. The third kappa shape index (κ3) is 4.24. The minimum atomic E-state index is 0. The molecule has 100 valence electrons. The Balaban J connectivity index is 0.00000180. The number of aryl methyl sites for hydroxylation is 2. The van der Waals surface area contributed by atoms with Gasteiger partial charge in [-0.2, -0.15) is 0 Å².